The van der Waals surface area contributed by atoms with Gasteiger partial charge in [0.15, 0.2) is 0 Å². The Hall–Kier alpha value is -1.13. The molecule has 1 aromatic rings. The fourth-order valence-corrected chi connectivity index (χ4v) is 2.38. The van der Waals surface area contributed by atoms with Gasteiger partial charge in [-0.3, -0.25) is 0 Å². The number of hydrogen-bond acceptors (Lipinski definition) is 3. The van der Waals surface area contributed by atoms with Gasteiger partial charge in [0, 0.05) is 24.2 Å². The average Bonchev–Trinajstić information content (AvgIpc) is 2.37. The molecule has 0 fully saturated rings. The van der Waals surface area contributed by atoms with Gasteiger partial charge in [0.2, 0.25) is 0 Å². The number of pyridine rings is 1. The van der Waals surface area contributed by atoms with Gasteiger partial charge in [-0.05, 0) is 24.5 Å². The fraction of sp³-hybridized carbons (Fsp3) is 0.538. The van der Waals surface area contributed by atoms with Gasteiger partial charge in [-0.2, -0.15) is 0 Å². The van der Waals surface area contributed by atoms with Crippen molar-refractivity contribution in [3.8, 4) is 0 Å². The van der Waals surface area contributed by atoms with Crippen LogP contribution in [0.2, 0.25) is 0 Å². The van der Waals surface area contributed by atoms with E-state index < -0.39 is 5.97 Å². The largest absolute Gasteiger partial charge is 0.477 e. The number of rotatable bonds is 3. The summed E-state index contributed by atoms with van der Waals surface area (Å²) < 4.78 is 0. The van der Waals surface area contributed by atoms with Crippen LogP contribution in [0, 0.1) is 0 Å². The Labute approximate surface area is 113 Å². The van der Waals surface area contributed by atoms with E-state index in [1.807, 2.05) is 6.07 Å². The summed E-state index contributed by atoms with van der Waals surface area (Å²) in [6.45, 7) is 5.09. The SMILES string of the molecule is CCC1(CC)Cc2nc(C(=O)O)ccc2CN1.Cl. The van der Waals surface area contributed by atoms with E-state index in [0.29, 0.717) is 0 Å². The molecule has 1 aliphatic heterocycles. The highest BCUT2D eigenvalue weighted by molar-refractivity contribution is 5.85. The van der Waals surface area contributed by atoms with Crippen molar-refractivity contribution in [2.75, 3.05) is 0 Å². The van der Waals surface area contributed by atoms with Crippen LogP contribution in [0.5, 0.6) is 0 Å². The maximum absolute atomic E-state index is 10.9. The van der Waals surface area contributed by atoms with Crippen molar-refractivity contribution in [1.29, 1.82) is 0 Å². The van der Waals surface area contributed by atoms with Crippen LogP contribution in [0.4, 0.5) is 0 Å². The first-order valence-electron chi connectivity index (χ1n) is 6.07. The molecule has 2 heterocycles. The van der Waals surface area contributed by atoms with Crippen LogP contribution in [0.15, 0.2) is 12.1 Å². The van der Waals surface area contributed by atoms with E-state index in [1.165, 1.54) is 0 Å². The predicted molar refractivity (Wildman–Crippen MR) is 72.3 cm³/mol. The second kappa shape index (κ2) is 5.67. The highest BCUT2D eigenvalue weighted by Crippen LogP contribution is 2.27. The molecule has 1 aliphatic rings. The number of aromatic nitrogens is 1. The van der Waals surface area contributed by atoms with Gasteiger partial charge in [-0.15, -0.1) is 12.4 Å². The lowest BCUT2D eigenvalue weighted by molar-refractivity contribution is 0.0689. The number of nitrogens with zero attached hydrogens (tertiary/aromatic N) is 1. The molecule has 0 aromatic carbocycles. The molecule has 100 valence electrons. The molecule has 5 heteroatoms. The zero-order valence-corrected chi connectivity index (χ0v) is 11.5. The van der Waals surface area contributed by atoms with Gasteiger partial charge in [0.05, 0.1) is 0 Å². The minimum absolute atomic E-state index is 0. The molecule has 2 N–H and O–H groups in total. The van der Waals surface area contributed by atoms with E-state index in [0.717, 1.165) is 37.1 Å². The summed E-state index contributed by atoms with van der Waals surface area (Å²) in [7, 11) is 0. The monoisotopic (exact) mass is 270 g/mol. The molecule has 0 atom stereocenters. The lowest BCUT2D eigenvalue weighted by atomic mass is 9.83. The van der Waals surface area contributed by atoms with Gasteiger partial charge in [-0.1, -0.05) is 19.9 Å². The number of carboxylic acid groups (broad SMARTS) is 1. The van der Waals surface area contributed by atoms with Crippen molar-refractivity contribution in [1.82, 2.24) is 10.3 Å². The summed E-state index contributed by atoms with van der Waals surface area (Å²) in [6.07, 6.45) is 2.88. The van der Waals surface area contributed by atoms with Gasteiger partial charge >= 0.3 is 5.97 Å². The molecule has 4 nitrogen and oxygen atoms in total. The molecule has 0 amide bonds. The lowest BCUT2D eigenvalue weighted by Gasteiger charge is -2.37. The number of carboxylic acids is 1. The van der Waals surface area contributed by atoms with Gasteiger partial charge in [0.25, 0.3) is 0 Å². The van der Waals surface area contributed by atoms with E-state index in [1.54, 1.807) is 6.07 Å². The maximum Gasteiger partial charge on any atom is 0.354 e. The average molecular weight is 271 g/mol. The van der Waals surface area contributed by atoms with Gasteiger partial charge in [-0.25, -0.2) is 9.78 Å². The molecule has 0 spiro atoms. The van der Waals surface area contributed by atoms with Gasteiger partial charge in [0.1, 0.15) is 5.69 Å². The molecule has 0 bridgehead atoms. The molecule has 2 rings (SSSR count). The van der Waals surface area contributed by atoms with Crippen LogP contribution in [0.1, 0.15) is 48.4 Å². The van der Waals surface area contributed by atoms with Crippen molar-refractivity contribution >= 4 is 18.4 Å². The number of halogens is 1. The summed E-state index contributed by atoms with van der Waals surface area (Å²) >= 11 is 0. The third kappa shape index (κ3) is 2.65. The lowest BCUT2D eigenvalue weighted by Crippen LogP contribution is -2.49. The molecule has 0 saturated heterocycles. The molecule has 18 heavy (non-hydrogen) atoms. The topological polar surface area (TPSA) is 62.2 Å². The Kier molecular flexibility index (Phi) is 4.71. The molecule has 0 aliphatic carbocycles. The summed E-state index contributed by atoms with van der Waals surface area (Å²) in [5.41, 5.74) is 2.28. The van der Waals surface area contributed by atoms with Crippen molar-refractivity contribution < 1.29 is 9.90 Å². The van der Waals surface area contributed by atoms with Crippen molar-refractivity contribution in [2.45, 2.75) is 45.2 Å². The minimum Gasteiger partial charge on any atom is -0.477 e. The molecule has 0 unspecified atom stereocenters. The second-order valence-corrected chi connectivity index (χ2v) is 4.63. The molecular formula is C13H19ClN2O2. The number of nitrogens with one attached hydrogen (secondary N) is 1. The number of carbonyl (C=O) groups is 1. The Bertz CT molecular complexity index is 445. The molecular weight excluding hydrogens is 252 g/mol. The van der Waals surface area contributed by atoms with E-state index in [2.05, 4.69) is 24.1 Å². The van der Waals surface area contributed by atoms with E-state index in [9.17, 15) is 4.79 Å². The normalized spacial score (nSPS) is 16.6. The van der Waals surface area contributed by atoms with Crippen LogP contribution < -0.4 is 5.32 Å². The predicted octanol–water partition coefficient (Wildman–Crippen LogP) is 2.41. The molecule has 1 aromatic heterocycles. The minimum atomic E-state index is -0.954. The summed E-state index contributed by atoms with van der Waals surface area (Å²) in [6, 6.07) is 3.45. The van der Waals surface area contributed by atoms with Gasteiger partial charge < -0.3 is 10.4 Å². The Morgan fingerprint density at radius 3 is 2.67 bits per heavy atom. The highest BCUT2D eigenvalue weighted by atomic mass is 35.5. The van der Waals surface area contributed by atoms with E-state index in [-0.39, 0.29) is 23.6 Å². The quantitative estimate of drug-likeness (QED) is 0.885. The zero-order chi connectivity index (χ0) is 12.5. The summed E-state index contributed by atoms with van der Waals surface area (Å²) in [4.78, 5) is 15.2. The fourth-order valence-electron chi connectivity index (χ4n) is 2.38. The van der Waals surface area contributed by atoms with Crippen molar-refractivity contribution in [3.63, 3.8) is 0 Å². The summed E-state index contributed by atoms with van der Waals surface area (Å²) in [5.74, 6) is -0.954. The Balaban J connectivity index is 0.00000162. The molecule has 0 saturated carbocycles. The second-order valence-electron chi connectivity index (χ2n) is 4.63. The Morgan fingerprint density at radius 1 is 1.44 bits per heavy atom. The Morgan fingerprint density at radius 2 is 2.11 bits per heavy atom. The van der Waals surface area contributed by atoms with Crippen LogP contribution in [-0.2, 0) is 13.0 Å². The van der Waals surface area contributed by atoms with Crippen LogP contribution in [-0.4, -0.2) is 21.6 Å². The first kappa shape index (κ1) is 14.9. The van der Waals surface area contributed by atoms with Crippen LogP contribution >= 0.6 is 12.4 Å². The third-order valence-electron chi connectivity index (χ3n) is 3.80. The number of hydrogen-bond donors (Lipinski definition) is 2. The third-order valence-corrected chi connectivity index (χ3v) is 3.80. The van der Waals surface area contributed by atoms with E-state index in [4.69, 9.17) is 5.11 Å². The van der Waals surface area contributed by atoms with E-state index >= 15 is 0 Å². The van der Waals surface area contributed by atoms with Crippen molar-refractivity contribution in [3.05, 3.63) is 29.1 Å². The molecule has 0 radical (unpaired) electrons. The number of fused-ring (bicyclic) bond motifs is 1. The first-order valence-corrected chi connectivity index (χ1v) is 6.07. The van der Waals surface area contributed by atoms with Crippen LogP contribution in [0.25, 0.3) is 0 Å². The first-order chi connectivity index (χ1) is 8.10. The van der Waals surface area contributed by atoms with Crippen molar-refractivity contribution in [2.24, 2.45) is 0 Å². The maximum atomic E-state index is 10.9. The highest BCUT2D eigenvalue weighted by Gasteiger charge is 2.31. The smallest absolute Gasteiger partial charge is 0.354 e. The zero-order valence-electron chi connectivity index (χ0n) is 10.7. The van der Waals surface area contributed by atoms with Crippen LogP contribution in [0.3, 0.4) is 0 Å². The summed E-state index contributed by atoms with van der Waals surface area (Å²) in [5, 5.41) is 12.5. The standard InChI is InChI=1S/C13H18N2O2.ClH/c1-3-13(4-2)7-11-9(8-14-13)5-6-10(15-11)12(16)17;/h5-6,14H,3-4,7-8H2,1-2H3,(H,16,17);1H. The number of aromatic carboxylic acids is 1.